The van der Waals surface area contributed by atoms with Crippen LogP contribution in [0.1, 0.15) is 38.4 Å². The average molecular weight is 309 g/mol. The molecule has 1 unspecified atom stereocenters. The van der Waals surface area contributed by atoms with Crippen LogP contribution in [0.5, 0.6) is 0 Å². The van der Waals surface area contributed by atoms with Crippen LogP contribution in [0.25, 0.3) is 10.9 Å². The Kier molecular flexibility index (Phi) is 6.57. The molecule has 0 aliphatic heterocycles. The highest BCUT2D eigenvalue weighted by atomic mass is 19.1. The molecule has 0 fully saturated rings. The van der Waals surface area contributed by atoms with Crippen LogP contribution in [-0.4, -0.2) is 34.7 Å². The first-order valence-corrected chi connectivity index (χ1v) is 7.60. The first-order valence-electron chi connectivity index (χ1n) is 7.60. The lowest BCUT2D eigenvalue weighted by Crippen LogP contribution is -2.23. The Balaban J connectivity index is 0.00000116. The monoisotopic (exact) mass is 309 g/mol. The van der Waals surface area contributed by atoms with E-state index in [1.165, 1.54) is 16.6 Å². The minimum absolute atomic E-state index is 0.0182. The highest BCUT2D eigenvalue weighted by molar-refractivity contribution is 5.82. The highest BCUT2D eigenvalue weighted by Crippen LogP contribution is 2.30. The smallest absolute Gasteiger partial charge is 0.0785 e. The van der Waals surface area contributed by atoms with Crippen molar-refractivity contribution in [2.45, 2.75) is 52.2 Å². The van der Waals surface area contributed by atoms with E-state index in [-0.39, 0.29) is 12.0 Å². The molecule has 0 amide bonds. The summed E-state index contributed by atoms with van der Waals surface area (Å²) in [5.74, 6) is 0. The highest BCUT2D eigenvalue weighted by Gasteiger charge is 2.22. The molecule has 2 rings (SSSR count). The summed E-state index contributed by atoms with van der Waals surface area (Å²) in [5, 5.41) is 20.2. The SMILES string of the molecule is CF.Cc1ccc2c(c1)cc(C(C)(C)C)n2CC(O)CCO. The molecule has 1 aromatic heterocycles. The van der Waals surface area contributed by atoms with Crippen LogP contribution in [-0.2, 0) is 12.0 Å². The maximum atomic E-state index is 10.0. The standard InChI is InChI=1S/C17H25NO2.CH3F/c1-12-5-6-15-13(9-12)10-16(17(2,3)4)18(15)11-14(20)7-8-19;1-2/h5-6,9-10,14,19-20H,7-8,11H2,1-4H3;1H3. The summed E-state index contributed by atoms with van der Waals surface area (Å²) in [7, 11) is 0.500. The van der Waals surface area contributed by atoms with E-state index >= 15 is 0 Å². The molecular weight excluding hydrogens is 281 g/mol. The molecule has 4 heteroatoms. The Labute approximate surface area is 132 Å². The van der Waals surface area contributed by atoms with Crippen LogP contribution in [0, 0.1) is 6.92 Å². The fourth-order valence-electron chi connectivity index (χ4n) is 2.66. The molecule has 1 atom stereocenters. The van der Waals surface area contributed by atoms with E-state index in [0.717, 1.165) is 5.52 Å². The third-order valence-corrected chi connectivity index (χ3v) is 3.68. The lowest BCUT2D eigenvalue weighted by molar-refractivity contribution is 0.117. The molecule has 1 heterocycles. The molecule has 0 spiro atoms. The van der Waals surface area contributed by atoms with E-state index in [4.69, 9.17) is 5.11 Å². The summed E-state index contributed by atoms with van der Waals surface area (Å²) in [5.41, 5.74) is 3.63. The zero-order chi connectivity index (χ0) is 16.9. The third kappa shape index (κ3) is 4.31. The van der Waals surface area contributed by atoms with Crippen molar-refractivity contribution in [1.29, 1.82) is 0 Å². The van der Waals surface area contributed by atoms with Crippen LogP contribution in [0.15, 0.2) is 24.3 Å². The number of hydrogen-bond acceptors (Lipinski definition) is 2. The zero-order valence-corrected chi connectivity index (χ0v) is 14.2. The van der Waals surface area contributed by atoms with Gasteiger partial charge in [-0.15, -0.1) is 0 Å². The Morgan fingerprint density at radius 3 is 2.36 bits per heavy atom. The number of aromatic nitrogens is 1. The van der Waals surface area contributed by atoms with Gasteiger partial charge in [0.2, 0.25) is 0 Å². The van der Waals surface area contributed by atoms with Gasteiger partial charge in [0.05, 0.1) is 13.3 Å². The van der Waals surface area contributed by atoms with Gasteiger partial charge in [-0.2, -0.15) is 0 Å². The maximum absolute atomic E-state index is 10.0. The Morgan fingerprint density at radius 1 is 1.18 bits per heavy atom. The molecule has 1 aromatic carbocycles. The van der Waals surface area contributed by atoms with E-state index in [0.29, 0.717) is 20.1 Å². The van der Waals surface area contributed by atoms with Crippen molar-refractivity contribution in [2.24, 2.45) is 0 Å². The van der Waals surface area contributed by atoms with E-state index in [1.807, 2.05) is 0 Å². The largest absolute Gasteiger partial charge is 0.396 e. The van der Waals surface area contributed by atoms with E-state index in [9.17, 15) is 9.50 Å². The summed E-state index contributed by atoms with van der Waals surface area (Å²) in [6, 6.07) is 8.61. The van der Waals surface area contributed by atoms with Crippen molar-refractivity contribution in [1.82, 2.24) is 4.57 Å². The Morgan fingerprint density at radius 2 is 1.82 bits per heavy atom. The summed E-state index contributed by atoms with van der Waals surface area (Å²) < 4.78 is 11.7. The topological polar surface area (TPSA) is 45.4 Å². The van der Waals surface area contributed by atoms with Gasteiger partial charge in [-0.3, -0.25) is 4.39 Å². The van der Waals surface area contributed by atoms with Gasteiger partial charge in [0.1, 0.15) is 0 Å². The molecule has 0 bridgehead atoms. The number of aliphatic hydroxyl groups is 2. The number of alkyl halides is 1. The molecular formula is C18H28FNO2. The first kappa shape index (κ1) is 18.7. The summed E-state index contributed by atoms with van der Waals surface area (Å²) >= 11 is 0. The molecule has 3 nitrogen and oxygen atoms in total. The number of hydrogen-bond donors (Lipinski definition) is 2. The minimum Gasteiger partial charge on any atom is -0.396 e. The number of halogens is 1. The predicted molar refractivity (Wildman–Crippen MR) is 90.1 cm³/mol. The van der Waals surface area contributed by atoms with Crippen molar-refractivity contribution in [3.05, 3.63) is 35.5 Å². The number of nitrogens with zero attached hydrogens (tertiary/aromatic N) is 1. The van der Waals surface area contributed by atoms with Gasteiger partial charge >= 0.3 is 0 Å². The zero-order valence-electron chi connectivity index (χ0n) is 14.2. The summed E-state index contributed by atoms with van der Waals surface area (Å²) in [6.45, 7) is 9.19. The Bertz CT molecular complexity index is 599. The fraction of sp³-hybridized carbons (Fsp3) is 0.556. The molecule has 2 N–H and O–H groups in total. The average Bonchev–Trinajstić information content (AvgIpc) is 2.79. The predicted octanol–water partition coefficient (Wildman–Crippen LogP) is 3.58. The quantitative estimate of drug-likeness (QED) is 0.907. The molecule has 0 saturated carbocycles. The normalized spacial score (nSPS) is 12.9. The van der Waals surface area contributed by atoms with Gasteiger partial charge in [-0.1, -0.05) is 32.4 Å². The number of aryl methyl sites for hydroxylation is 1. The van der Waals surface area contributed by atoms with Crippen molar-refractivity contribution in [3.8, 4) is 0 Å². The number of rotatable bonds is 4. The molecule has 0 saturated heterocycles. The molecule has 124 valence electrons. The second-order valence-electron chi connectivity index (χ2n) is 6.62. The fourth-order valence-corrected chi connectivity index (χ4v) is 2.66. The van der Waals surface area contributed by atoms with Crippen molar-refractivity contribution in [2.75, 3.05) is 13.8 Å². The van der Waals surface area contributed by atoms with Gasteiger partial charge < -0.3 is 14.8 Å². The second-order valence-corrected chi connectivity index (χ2v) is 6.62. The number of aliphatic hydroxyl groups excluding tert-OH is 2. The van der Waals surface area contributed by atoms with Crippen molar-refractivity contribution < 1.29 is 14.6 Å². The van der Waals surface area contributed by atoms with Gasteiger partial charge in [-0.25, -0.2) is 0 Å². The van der Waals surface area contributed by atoms with E-state index < -0.39 is 6.10 Å². The van der Waals surface area contributed by atoms with Crippen LogP contribution >= 0.6 is 0 Å². The summed E-state index contributed by atoms with van der Waals surface area (Å²) in [4.78, 5) is 0. The lowest BCUT2D eigenvalue weighted by Gasteiger charge is -2.23. The van der Waals surface area contributed by atoms with Crippen LogP contribution < -0.4 is 0 Å². The second kappa shape index (κ2) is 7.75. The van der Waals surface area contributed by atoms with Crippen LogP contribution in [0.3, 0.4) is 0 Å². The Hall–Kier alpha value is -1.39. The maximum Gasteiger partial charge on any atom is 0.0785 e. The van der Waals surface area contributed by atoms with Crippen LogP contribution in [0.4, 0.5) is 4.39 Å². The van der Waals surface area contributed by atoms with Crippen molar-refractivity contribution >= 4 is 10.9 Å². The first-order chi connectivity index (χ1) is 10.3. The van der Waals surface area contributed by atoms with Gasteiger partial charge in [0.15, 0.2) is 0 Å². The molecule has 22 heavy (non-hydrogen) atoms. The minimum atomic E-state index is -0.516. The number of fused-ring (bicyclic) bond motifs is 1. The third-order valence-electron chi connectivity index (χ3n) is 3.68. The van der Waals surface area contributed by atoms with Crippen LogP contribution in [0.2, 0.25) is 0 Å². The molecule has 0 aliphatic carbocycles. The molecule has 2 aromatic rings. The number of benzene rings is 1. The van der Waals surface area contributed by atoms with E-state index in [2.05, 4.69) is 56.5 Å². The van der Waals surface area contributed by atoms with E-state index in [1.54, 1.807) is 0 Å². The van der Waals surface area contributed by atoms with Gasteiger partial charge in [0.25, 0.3) is 0 Å². The molecule has 0 radical (unpaired) electrons. The van der Waals surface area contributed by atoms with Gasteiger partial charge in [-0.05, 0) is 31.5 Å². The lowest BCUT2D eigenvalue weighted by atomic mass is 9.92. The summed E-state index contributed by atoms with van der Waals surface area (Å²) in [6.07, 6.45) is -0.104. The van der Waals surface area contributed by atoms with Crippen molar-refractivity contribution in [3.63, 3.8) is 0 Å². The molecule has 0 aliphatic rings. The van der Waals surface area contributed by atoms with Gasteiger partial charge in [0, 0.05) is 35.2 Å².